The molecule has 0 aliphatic heterocycles. The van der Waals surface area contributed by atoms with E-state index in [0.29, 0.717) is 24.2 Å². The quantitative estimate of drug-likeness (QED) is 0.784. The number of nitrogens with zero attached hydrogens (tertiary/aromatic N) is 2. The Hall–Kier alpha value is -2.11. The molecule has 0 aliphatic rings. The summed E-state index contributed by atoms with van der Waals surface area (Å²) in [5.74, 6) is -1.19. The molecule has 0 aliphatic carbocycles. The normalized spacial score (nSPS) is 10.3. The van der Waals surface area contributed by atoms with Crippen LogP contribution in [0.2, 0.25) is 0 Å². The second-order valence-electron chi connectivity index (χ2n) is 4.51. The van der Waals surface area contributed by atoms with E-state index in [1.54, 1.807) is 30.9 Å². The largest absolute Gasteiger partial charge is 0.481 e. The first-order valence-electron chi connectivity index (χ1n) is 5.97. The SMILES string of the molecule is CC(=O)c1cc(C(=O)N(C)CCCC(=O)O)n(C)c1. The molecule has 1 aromatic heterocycles. The van der Waals surface area contributed by atoms with E-state index in [2.05, 4.69) is 0 Å². The minimum Gasteiger partial charge on any atom is -0.481 e. The van der Waals surface area contributed by atoms with Crippen LogP contribution in [0.3, 0.4) is 0 Å². The minimum atomic E-state index is -0.876. The molecule has 0 unspecified atom stereocenters. The molecule has 0 fully saturated rings. The predicted octanol–water partition coefficient (Wildman–Crippen LogP) is 1.16. The Bertz CT molecular complexity index is 505. The van der Waals surface area contributed by atoms with Crippen molar-refractivity contribution in [3.8, 4) is 0 Å². The van der Waals surface area contributed by atoms with Gasteiger partial charge in [0, 0.05) is 38.8 Å². The van der Waals surface area contributed by atoms with Crippen molar-refractivity contribution in [2.45, 2.75) is 19.8 Å². The molecule has 1 rings (SSSR count). The van der Waals surface area contributed by atoms with Crippen molar-refractivity contribution in [3.63, 3.8) is 0 Å². The molecule has 104 valence electrons. The van der Waals surface area contributed by atoms with Gasteiger partial charge >= 0.3 is 5.97 Å². The van der Waals surface area contributed by atoms with Crippen LogP contribution in [-0.2, 0) is 11.8 Å². The first-order chi connectivity index (χ1) is 8.82. The second kappa shape index (κ2) is 6.17. The predicted molar refractivity (Wildman–Crippen MR) is 69.2 cm³/mol. The van der Waals surface area contributed by atoms with E-state index in [1.165, 1.54) is 11.8 Å². The lowest BCUT2D eigenvalue weighted by atomic mass is 10.2. The molecule has 0 atom stereocenters. The van der Waals surface area contributed by atoms with Gasteiger partial charge in [-0.3, -0.25) is 14.4 Å². The molecule has 0 spiro atoms. The molecular formula is C13H18N2O4. The van der Waals surface area contributed by atoms with E-state index in [9.17, 15) is 14.4 Å². The van der Waals surface area contributed by atoms with Crippen molar-refractivity contribution in [3.05, 3.63) is 23.5 Å². The number of hydrogen-bond acceptors (Lipinski definition) is 3. The van der Waals surface area contributed by atoms with Gasteiger partial charge in [-0.1, -0.05) is 0 Å². The van der Waals surface area contributed by atoms with E-state index in [-0.39, 0.29) is 18.1 Å². The summed E-state index contributed by atoms with van der Waals surface area (Å²) in [5, 5.41) is 8.55. The summed E-state index contributed by atoms with van der Waals surface area (Å²) in [5.41, 5.74) is 0.910. The average Bonchev–Trinajstić information content (AvgIpc) is 2.70. The van der Waals surface area contributed by atoms with Gasteiger partial charge in [-0.15, -0.1) is 0 Å². The van der Waals surface area contributed by atoms with Gasteiger partial charge in [0.05, 0.1) is 0 Å². The van der Waals surface area contributed by atoms with Gasteiger partial charge in [-0.05, 0) is 19.4 Å². The fourth-order valence-corrected chi connectivity index (χ4v) is 1.73. The number of amides is 1. The summed E-state index contributed by atoms with van der Waals surface area (Å²) >= 11 is 0. The lowest BCUT2D eigenvalue weighted by Crippen LogP contribution is -2.29. The van der Waals surface area contributed by atoms with Crippen molar-refractivity contribution in [1.82, 2.24) is 9.47 Å². The molecule has 0 aromatic carbocycles. The number of aliphatic carboxylic acids is 1. The summed E-state index contributed by atoms with van der Waals surface area (Å²) < 4.78 is 1.60. The van der Waals surface area contributed by atoms with Crippen LogP contribution in [0.5, 0.6) is 0 Å². The minimum absolute atomic E-state index is 0.0312. The zero-order valence-electron chi connectivity index (χ0n) is 11.3. The monoisotopic (exact) mass is 266 g/mol. The van der Waals surface area contributed by atoms with Gasteiger partial charge in [0.15, 0.2) is 5.78 Å². The van der Waals surface area contributed by atoms with Crippen LogP contribution >= 0.6 is 0 Å². The molecule has 1 aromatic rings. The van der Waals surface area contributed by atoms with Crippen molar-refractivity contribution in [1.29, 1.82) is 0 Å². The topological polar surface area (TPSA) is 79.6 Å². The maximum absolute atomic E-state index is 12.1. The third-order valence-electron chi connectivity index (χ3n) is 2.86. The van der Waals surface area contributed by atoms with E-state index < -0.39 is 5.97 Å². The van der Waals surface area contributed by atoms with Crippen LogP contribution in [-0.4, -0.2) is 45.8 Å². The van der Waals surface area contributed by atoms with E-state index in [1.807, 2.05) is 0 Å². The third-order valence-corrected chi connectivity index (χ3v) is 2.86. The van der Waals surface area contributed by atoms with Crippen LogP contribution in [0.15, 0.2) is 12.3 Å². The van der Waals surface area contributed by atoms with Crippen molar-refractivity contribution in [2.24, 2.45) is 7.05 Å². The molecule has 0 saturated heterocycles. The number of carboxylic acids is 1. The zero-order valence-corrected chi connectivity index (χ0v) is 11.3. The molecule has 1 amide bonds. The lowest BCUT2D eigenvalue weighted by molar-refractivity contribution is -0.137. The fourth-order valence-electron chi connectivity index (χ4n) is 1.73. The van der Waals surface area contributed by atoms with Gasteiger partial charge in [0.25, 0.3) is 5.91 Å². The maximum Gasteiger partial charge on any atom is 0.303 e. The number of carbonyl (C=O) groups excluding carboxylic acids is 2. The van der Waals surface area contributed by atoms with Gasteiger partial charge in [-0.25, -0.2) is 0 Å². The first-order valence-corrected chi connectivity index (χ1v) is 5.97. The Morgan fingerprint density at radius 3 is 2.47 bits per heavy atom. The molecule has 0 saturated carbocycles. The Labute approximate surface area is 111 Å². The van der Waals surface area contributed by atoms with Gasteiger partial charge < -0.3 is 14.6 Å². The highest BCUT2D eigenvalue weighted by atomic mass is 16.4. The van der Waals surface area contributed by atoms with E-state index in [4.69, 9.17) is 5.11 Å². The number of hydrogen-bond donors (Lipinski definition) is 1. The summed E-state index contributed by atoms with van der Waals surface area (Å²) in [6, 6.07) is 1.55. The zero-order chi connectivity index (χ0) is 14.6. The third kappa shape index (κ3) is 3.94. The molecule has 1 heterocycles. The second-order valence-corrected chi connectivity index (χ2v) is 4.51. The van der Waals surface area contributed by atoms with Crippen LogP contribution in [0.1, 0.15) is 40.6 Å². The van der Waals surface area contributed by atoms with Crippen molar-refractivity contribution >= 4 is 17.7 Å². The van der Waals surface area contributed by atoms with Crippen molar-refractivity contribution < 1.29 is 19.5 Å². The number of rotatable bonds is 6. The molecular weight excluding hydrogens is 248 g/mol. The van der Waals surface area contributed by atoms with Gasteiger partial charge in [0.2, 0.25) is 0 Å². The number of aryl methyl sites for hydroxylation is 1. The van der Waals surface area contributed by atoms with Crippen molar-refractivity contribution in [2.75, 3.05) is 13.6 Å². The van der Waals surface area contributed by atoms with Gasteiger partial charge in [-0.2, -0.15) is 0 Å². The summed E-state index contributed by atoms with van der Waals surface area (Å²) in [6.45, 7) is 1.81. The van der Waals surface area contributed by atoms with E-state index in [0.717, 1.165) is 0 Å². The molecule has 6 heteroatoms. The summed E-state index contributed by atoms with van der Waals surface area (Å²) in [6.07, 6.45) is 2.05. The Kier molecular flexibility index (Phi) is 4.86. The van der Waals surface area contributed by atoms with Gasteiger partial charge in [0.1, 0.15) is 5.69 Å². The average molecular weight is 266 g/mol. The molecule has 19 heavy (non-hydrogen) atoms. The number of Topliss-reactive ketones (excluding diaryl/α,β-unsaturated/α-hetero) is 1. The number of carboxylic acid groups (broad SMARTS) is 1. The Morgan fingerprint density at radius 1 is 1.37 bits per heavy atom. The van der Waals surface area contributed by atoms with Crippen LogP contribution in [0.4, 0.5) is 0 Å². The van der Waals surface area contributed by atoms with Crippen LogP contribution in [0, 0.1) is 0 Å². The molecule has 0 radical (unpaired) electrons. The standard InChI is InChI=1S/C13H18N2O4/c1-9(16)10-7-11(15(3)8-10)13(19)14(2)6-4-5-12(17)18/h7-8H,4-6H2,1-3H3,(H,17,18). The fraction of sp³-hybridized carbons (Fsp3) is 0.462. The summed E-state index contributed by atoms with van der Waals surface area (Å²) in [4.78, 5) is 35.2. The molecule has 6 nitrogen and oxygen atoms in total. The molecule has 0 bridgehead atoms. The number of carbonyl (C=O) groups is 3. The molecule has 1 N–H and O–H groups in total. The Balaban J connectivity index is 2.71. The lowest BCUT2D eigenvalue weighted by Gasteiger charge is -2.16. The maximum atomic E-state index is 12.1. The number of aromatic nitrogens is 1. The Morgan fingerprint density at radius 2 is 2.00 bits per heavy atom. The highest BCUT2D eigenvalue weighted by Crippen LogP contribution is 2.10. The van der Waals surface area contributed by atoms with Crippen LogP contribution < -0.4 is 0 Å². The smallest absolute Gasteiger partial charge is 0.303 e. The first kappa shape index (κ1) is 14.9. The highest BCUT2D eigenvalue weighted by Gasteiger charge is 2.17. The highest BCUT2D eigenvalue weighted by molar-refractivity contribution is 5.99. The summed E-state index contributed by atoms with van der Waals surface area (Å²) in [7, 11) is 3.31. The van der Waals surface area contributed by atoms with E-state index >= 15 is 0 Å². The number of ketones is 1. The van der Waals surface area contributed by atoms with Crippen LogP contribution in [0.25, 0.3) is 0 Å².